The second-order valence-corrected chi connectivity index (χ2v) is 8.39. The van der Waals surface area contributed by atoms with Crippen molar-refractivity contribution in [3.8, 4) is 5.75 Å². The molecule has 0 bridgehead atoms. The number of ether oxygens (including phenoxy) is 1. The van der Waals surface area contributed by atoms with E-state index in [-0.39, 0.29) is 37.9 Å². The maximum atomic E-state index is 12.6. The predicted molar refractivity (Wildman–Crippen MR) is 121 cm³/mol. The highest BCUT2D eigenvalue weighted by Crippen LogP contribution is 2.30. The summed E-state index contributed by atoms with van der Waals surface area (Å²) in [7, 11) is 0. The molecule has 0 spiro atoms. The molecule has 9 heteroatoms. The number of benzene rings is 1. The van der Waals surface area contributed by atoms with Gasteiger partial charge in [0.1, 0.15) is 18.0 Å². The number of para-hydroxylation sites is 1. The Morgan fingerprint density at radius 2 is 2.10 bits per heavy atom. The highest BCUT2D eigenvalue weighted by atomic mass is 127. The molecule has 1 aromatic carbocycles. The molecule has 3 unspecified atom stereocenters. The van der Waals surface area contributed by atoms with Crippen LogP contribution in [0.5, 0.6) is 5.75 Å². The van der Waals surface area contributed by atoms with Crippen LogP contribution in [0, 0.1) is 3.57 Å². The Kier molecular flexibility index (Phi) is 8.10. The number of nitrogens with one attached hydrogen (secondary N) is 1. The summed E-state index contributed by atoms with van der Waals surface area (Å²) < 4.78 is 12.0. The number of hydrogen-bond donors (Lipinski definition) is 3. The van der Waals surface area contributed by atoms with E-state index in [0.29, 0.717) is 11.3 Å². The molecule has 3 atom stereocenters. The zero-order valence-electron chi connectivity index (χ0n) is 17.0. The SMILES string of the molecule is CC(=O)N(Cc1ccoc1)C1CC(C(=O)NCCO)=CC(Oc2ccccc2I)C1O. The van der Waals surface area contributed by atoms with Gasteiger partial charge in [0.2, 0.25) is 11.8 Å². The summed E-state index contributed by atoms with van der Waals surface area (Å²) in [5.74, 6) is -0.0344. The van der Waals surface area contributed by atoms with Gasteiger partial charge in [-0.05, 0) is 46.9 Å². The van der Waals surface area contributed by atoms with Crippen molar-refractivity contribution in [3.05, 3.63) is 63.6 Å². The van der Waals surface area contributed by atoms with E-state index in [2.05, 4.69) is 27.9 Å². The van der Waals surface area contributed by atoms with Gasteiger partial charge in [-0.2, -0.15) is 0 Å². The van der Waals surface area contributed by atoms with Crippen LogP contribution in [0.15, 0.2) is 58.9 Å². The van der Waals surface area contributed by atoms with Gasteiger partial charge in [0, 0.05) is 37.6 Å². The number of furan rings is 1. The Morgan fingerprint density at radius 3 is 2.74 bits per heavy atom. The van der Waals surface area contributed by atoms with Crippen LogP contribution in [0.3, 0.4) is 0 Å². The largest absolute Gasteiger partial charge is 0.482 e. The third-order valence-corrected chi connectivity index (χ3v) is 5.94. The van der Waals surface area contributed by atoms with Crippen LogP contribution >= 0.6 is 22.6 Å². The van der Waals surface area contributed by atoms with Crippen LogP contribution in [0.1, 0.15) is 18.9 Å². The van der Waals surface area contributed by atoms with Gasteiger partial charge in [-0.1, -0.05) is 12.1 Å². The van der Waals surface area contributed by atoms with E-state index in [4.69, 9.17) is 14.3 Å². The lowest BCUT2D eigenvalue weighted by atomic mass is 9.88. The minimum absolute atomic E-state index is 0.108. The maximum Gasteiger partial charge on any atom is 0.247 e. The molecule has 1 heterocycles. The molecule has 8 nitrogen and oxygen atoms in total. The van der Waals surface area contributed by atoms with Crippen LogP contribution in [0.2, 0.25) is 0 Å². The van der Waals surface area contributed by atoms with Crippen molar-refractivity contribution < 1.29 is 29.0 Å². The summed E-state index contributed by atoms with van der Waals surface area (Å²) in [4.78, 5) is 26.6. The van der Waals surface area contributed by atoms with Crippen LogP contribution in [-0.4, -0.2) is 58.3 Å². The van der Waals surface area contributed by atoms with Crippen LogP contribution in [-0.2, 0) is 16.1 Å². The van der Waals surface area contributed by atoms with Gasteiger partial charge in [0.05, 0.1) is 28.7 Å². The van der Waals surface area contributed by atoms with Gasteiger partial charge in [-0.15, -0.1) is 0 Å². The summed E-state index contributed by atoms with van der Waals surface area (Å²) in [6.45, 7) is 1.57. The fraction of sp³-hybridized carbons (Fsp3) is 0.364. The highest BCUT2D eigenvalue weighted by Gasteiger charge is 2.40. The lowest BCUT2D eigenvalue weighted by Crippen LogP contribution is -2.54. The molecule has 0 saturated carbocycles. The molecule has 0 fully saturated rings. The van der Waals surface area contributed by atoms with Crippen LogP contribution < -0.4 is 10.1 Å². The lowest BCUT2D eigenvalue weighted by molar-refractivity contribution is -0.137. The molecule has 2 aromatic rings. The first-order chi connectivity index (χ1) is 14.9. The molecule has 1 aromatic heterocycles. The summed E-state index contributed by atoms with van der Waals surface area (Å²) in [6, 6.07) is 8.42. The lowest BCUT2D eigenvalue weighted by Gasteiger charge is -2.40. The molecule has 0 radical (unpaired) electrons. The van der Waals surface area contributed by atoms with Crippen molar-refractivity contribution in [3.63, 3.8) is 0 Å². The normalized spacial score (nSPS) is 20.6. The molecular weight excluding hydrogens is 515 g/mol. The van der Waals surface area contributed by atoms with Crippen LogP contribution in [0.4, 0.5) is 0 Å². The molecule has 2 amide bonds. The van der Waals surface area contributed by atoms with E-state index >= 15 is 0 Å². The highest BCUT2D eigenvalue weighted by molar-refractivity contribution is 14.1. The quantitative estimate of drug-likeness (QED) is 0.441. The number of halogens is 1. The number of amides is 2. The van der Waals surface area contributed by atoms with Gasteiger partial charge < -0.3 is 29.6 Å². The molecular formula is C22H25IN2O6. The van der Waals surface area contributed by atoms with Gasteiger partial charge in [0.25, 0.3) is 0 Å². The van der Waals surface area contributed by atoms with E-state index in [1.807, 2.05) is 18.2 Å². The van der Waals surface area contributed by atoms with Gasteiger partial charge in [-0.25, -0.2) is 0 Å². The second kappa shape index (κ2) is 10.8. The molecule has 1 aliphatic carbocycles. The summed E-state index contributed by atoms with van der Waals surface area (Å²) in [6.07, 6.45) is 2.91. The first kappa shape index (κ1) is 23.3. The number of aliphatic hydroxyl groups excluding tert-OH is 2. The minimum Gasteiger partial charge on any atom is -0.482 e. The number of hydrogen-bond acceptors (Lipinski definition) is 6. The molecule has 1 aliphatic rings. The van der Waals surface area contributed by atoms with Crippen molar-refractivity contribution in [2.45, 2.75) is 38.1 Å². The number of nitrogens with zero attached hydrogens (tertiary/aromatic N) is 1. The van der Waals surface area contributed by atoms with Crippen molar-refractivity contribution in [2.75, 3.05) is 13.2 Å². The van der Waals surface area contributed by atoms with E-state index in [9.17, 15) is 14.7 Å². The molecule has 0 aliphatic heterocycles. The Balaban J connectivity index is 1.91. The molecule has 166 valence electrons. The van der Waals surface area contributed by atoms with E-state index in [0.717, 1.165) is 9.13 Å². The van der Waals surface area contributed by atoms with Crippen molar-refractivity contribution >= 4 is 34.4 Å². The Morgan fingerprint density at radius 1 is 1.32 bits per heavy atom. The fourth-order valence-corrected chi connectivity index (χ4v) is 4.02. The standard InChI is InChI=1S/C22H25IN2O6/c1-14(27)25(12-15-6-9-30-13-15)18-10-16(22(29)24-7-8-26)11-20(21(18)28)31-19-5-3-2-4-17(19)23/h2-6,9,11,13,18,20-21,26,28H,7-8,10,12H2,1H3,(H,24,29). The monoisotopic (exact) mass is 540 g/mol. The number of aliphatic hydroxyl groups is 2. The minimum atomic E-state index is -1.05. The van der Waals surface area contributed by atoms with E-state index in [1.165, 1.54) is 24.3 Å². The first-order valence-electron chi connectivity index (χ1n) is 9.88. The molecule has 3 N–H and O–H groups in total. The first-order valence-corrected chi connectivity index (χ1v) is 11.0. The zero-order valence-corrected chi connectivity index (χ0v) is 19.2. The summed E-state index contributed by atoms with van der Waals surface area (Å²) >= 11 is 2.13. The van der Waals surface area contributed by atoms with E-state index < -0.39 is 18.2 Å². The Bertz CT molecular complexity index is 930. The smallest absolute Gasteiger partial charge is 0.247 e. The topological polar surface area (TPSA) is 112 Å². The number of rotatable bonds is 8. The van der Waals surface area contributed by atoms with Gasteiger partial charge in [-0.3, -0.25) is 9.59 Å². The average Bonchev–Trinajstić information content (AvgIpc) is 3.26. The van der Waals surface area contributed by atoms with E-state index in [1.54, 1.807) is 18.2 Å². The summed E-state index contributed by atoms with van der Waals surface area (Å²) in [5.41, 5.74) is 1.16. The third-order valence-electron chi connectivity index (χ3n) is 5.05. The predicted octanol–water partition coefficient (Wildman–Crippen LogP) is 1.85. The Labute approximate surface area is 194 Å². The summed E-state index contributed by atoms with van der Waals surface area (Å²) in [5, 5.41) is 22.8. The van der Waals surface area contributed by atoms with Gasteiger partial charge in [0.15, 0.2) is 0 Å². The fourth-order valence-electron chi connectivity index (χ4n) is 3.51. The van der Waals surface area contributed by atoms with Gasteiger partial charge >= 0.3 is 0 Å². The molecule has 3 rings (SSSR count). The van der Waals surface area contributed by atoms with Crippen molar-refractivity contribution in [1.82, 2.24) is 10.2 Å². The van der Waals surface area contributed by atoms with Crippen LogP contribution in [0.25, 0.3) is 0 Å². The van der Waals surface area contributed by atoms with Crippen molar-refractivity contribution in [1.29, 1.82) is 0 Å². The average molecular weight is 540 g/mol. The second-order valence-electron chi connectivity index (χ2n) is 7.22. The molecule has 31 heavy (non-hydrogen) atoms. The third kappa shape index (κ3) is 5.86. The number of carbonyl (C=O) groups is 2. The maximum absolute atomic E-state index is 12.6. The Hall–Kier alpha value is -2.37. The molecule has 0 saturated heterocycles. The zero-order chi connectivity index (χ0) is 22.4. The van der Waals surface area contributed by atoms with Crippen molar-refractivity contribution in [2.24, 2.45) is 0 Å². The number of carbonyl (C=O) groups excluding carboxylic acids is 2.